The number of nitrogens with zero attached hydrogens (tertiary/aromatic N) is 3. The fourth-order valence-corrected chi connectivity index (χ4v) is 1.49. The zero-order chi connectivity index (χ0) is 12.8. The third-order valence-electron chi connectivity index (χ3n) is 2.32. The molecule has 0 aromatic carbocycles. The highest BCUT2D eigenvalue weighted by Crippen LogP contribution is 2.23. The molecule has 0 amide bonds. The molecule has 0 aliphatic carbocycles. The van der Waals surface area contributed by atoms with Crippen molar-refractivity contribution in [2.24, 2.45) is 0 Å². The Bertz CT molecular complexity index is 564. The van der Waals surface area contributed by atoms with Crippen LogP contribution < -0.4 is 4.74 Å². The molecular formula is C13H11N3O2. The van der Waals surface area contributed by atoms with E-state index in [2.05, 4.69) is 9.97 Å². The van der Waals surface area contributed by atoms with Gasteiger partial charge in [0.05, 0.1) is 6.61 Å². The molecule has 5 heteroatoms. The van der Waals surface area contributed by atoms with Crippen molar-refractivity contribution in [2.75, 3.05) is 13.2 Å². The summed E-state index contributed by atoms with van der Waals surface area (Å²) in [5.41, 5.74) is 2.10. The molecule has 0 bridgehead atoms. The molecule has 2 aromatic rings. The maximum Gasteiger partial charge on any atom is 0.231 e. The lowest BCUT2D eigenvalue weighted by Gasteiger charge is -2.07. The first-order chi connectivity index (χ1) is 8.85. The van der Waals surface area contributed by atoms with E-state index in [1.54, 1.807) is 24.7 Å². The van der Waals surface area contributed by atoms with Crippen molar-refractivity contribution in [2.45, 2.75) is 0 Å². The summed E-state index contributed by atoms with van der Waals surface area (Å²) in [5.74, 6) is 0.240. The van der Waals surface area contributed by atoms with Crippen LogP contribution in [-0.2, 0) is 0 Å². The SMILES string of the molecule is N#Cc1cc(-c2ccncc2)cnc1OCCO. The van der Waals surface area contributed by atoms with Gasteiger partial charge in [-0.3, -0.25) is 4.98 Å². The van der Waals surface area contributed by atoms with E-state index in [1.807, 2.05) is 18.2 Å². The molecule has 0 aliphatic rings. The van der Waals surface area contributed by atoms with Gasteiger partial charge in [-0.15, -0.1) is 0 Å². The maximum atomic E-state index is 9.04. The molecule has 2 heterocycles. The van der Waals surface area contributed by atoms with Crippen LogP contribution in [0.15, 0.2) is 36.8 Å². The molecular weight excluding hydrogens is 230 g/mol. The van der Waals surface area contributed by atoms with Gasteiger partial charge in [-0.1, -0.05) is 0 Å². The number of pyridine rings is 2. The van der Waals surface area contributed by atoms with Gasteiger partial charge in [-0.25, -0.2) is 4.98 Å². The smallest absolute Gasteiger partial charge is 0.231 e. The Morgan fingerprint density at radius 1 is 1.28 bits per heavy atom. The molecule has 0 saturated heterocycles. The average molecular weight is 241 g/mol. The second kappa shape index (κ2) is 5.75. The number of hydrogen-bond donors (Lipinski definition) is 1. The highest BCUT2D eigenvalue weighted by Gasteiger charge is 2.07. The molecule has 2 rings (SSSR count). The summed E-state index contributed by atoms with van der Waals surface area (Å²) in [6, 6.07) is 7.41. The highest BCUT2D eigenvalue weighted by atomic mass is 16.5. The quantitative estimate of drug-likeness (QED) is 0.874. The van der Waals surface area contributed by atoms with Gasteiger partial charge in [0.25, 0.3) is 0 Å². The largest absolute Gasteiger partial charge is 0.474 e. The van der Waals surface area contributed by atoms with Crippen molar-refractivity contribution in [3.63, 3.8) is 0 Å². The first kappa shape index (κ1) is 12.0. The summed E-state index contributed by atoms with van der Waals surface area (Å²) in [6.45, 7) is 0.00887. The Kier molecular flexibility index (Phi) is 3.84. The molecule has 18 heavy (non-hydrogen) atoms. The van der Waals surface area contributed by atoms with E-state index < -0.39 is 0 Å². The fraction of sp³-hybridized carbons (Fsp3) is 0.154. The van der Waals surface area contributed by atoms with Crippen LogP contribution in [0.4, 0.5) is 0 Å². The van der Waals surface area contributed by atoms with Crippen LogP contribution in [-0.4, -0.2) is 28.3 Å². The van der Waals surface area contributed by atoms with Crippen LogP contribution in [0.25, 0.3) is 11.1 Å². The monoisotopic (exact) mass is 241 g/mol. The predicted molar refractivity (Wildman–Crippen MR) is 64.8 cm³/mol. The molecule has 0 unspecified atom stereocenters. The summed E-state index contributed by atoms with van der Waals surface area (Å²) in [7, 11) is 0. The second-order valence-corrected chi connectivity index (χ2v) is 3.50. The Balaban J connectivity index is 2.34. The second-order valence-electron chi connectivity index (χ2n) is 3.50. The predicted octanol–water partition coefficient (Wildman–Crippen LogP) is 1.39. The maximum absolute atomic E-state index is 9.04. The standard InChI is InChI=1S/C13H11N3O2/c14-8-11-7-12(10-1-3-15-4-2-10)9-16-13(11)18-6-5-17/h1-4,7,9,17H,5-6H2. The Morgan fingerprint density at radius 3 is 2.72 bits per heavy atom. The highest BCUT2D eigenvalue weighted by molar-refractivity contribution is 5.64. The number of aliphatic hydroxyl groups is 1. The van der Waals surface area contributed by atoms with Crippen molar-refractivity contribution in [1.29, 1.82) is 5.26 Å². The molecule has 5 nitrogen and oxygen atoms in total. The number of ether oxygens (including phenoxy) is 1. The molecule has 0 radical (unpaired) electrons. The van der Waals surface area contributed by atoms with Gasteiger partial charge in [0.1, 0.15) is 18.2 Å². The van der Waals surface area contributed by atoms with Crippen molar-refractivity contribution < 1.29 is 9.84 Å². The van der Waals surface area contributed by atoms with Gasteiger partial charge in [0.2, 0.25) is 5.88 Å². The molecule has 0 fully saturated rings. The summed E-state index contributed by atoms with van der Waals surface area (Å²) >= 11 is 0. The summed E-state index contributed by atoms with van der Waals surface area (Å²) in [5, 5.41) is 17.7. The lowest BCUT2D eigenvalue weighted by Crippen LogP contribution is -2.04. The Labute approximate surface area is 104 Å². The van der Waals surface area contributed by atoms with E-state index in [0.717, 1.165) is 11.1 Å². The van der Waals surface area contributed by atoms with E-state index >= 15 is 0 Å². The van der Waals surface area contributed by atoms with E-state index in [9.17, 15) is 0 Å². The molecule has 0 aliphatic heterocycles. The molecule has 90 valence electrons. The molecule has 2 aromatic heterocycles. The number of nitriles is 1. The lowest BCUT2D eigenvalue weighted by atomic mass is 10.1. The number of hydrogen-bond acceptors (Lipinski definition) is 5. The minimum atomic E-state index is -0.112. The average Bonchev–Trinajstić information content (AvgIpc) is 2.46. The zero-order valence-corrected chi connectivity index (χ0v) is 9.58. The number of aromatic nitrogens is 2. The minimum Gasteiger partial charge on any atom is -0.474 e. The van der Waals surface area contributed by atoms with Gasteiger partial charge in [-0.2, -0.15) is 5.26 Å². The minimum absolute atomic E-state index is 0.112. The van der Waals surface area contributed by atoms with Crippen LogP contribution >= 0.6 is 0 Å². The van der Waals surface area contributed by atoms with Crippen LogP contribution in [0, 0.1) is 11.3 Å². The van der Waals surface area contributed by atoms with Crippen molar-refractivity contribution in [3.8, 4) is 23.1 Å². The summed E-state index contributed by atoms with van der Waals surface area (Å²) < 4.78 is 5.17. The lowest BCUT2D eigenvalue weighted by molar-refractivity contribution is 0.196. The van der Waals surface area contributed by atoms with Gasteiger partial charge >= 0.3 is 0 Å². The third-order valence-corrected chi connectivity index (χ3v) is 2.32. The van der Waals surface area contributed by atoms with E-state index in [0.29, 0.717) is 5.56 Å². The molecule has 0 atom stereocenters. The van der Waals surface area contributed by atoms with E-state index in [1.165, 1.54) is 0 Å². The normalized spacial score (nSPS) is 9.78. The van der Waals surface area contributed by atoms with Crippen molar-refractivity contribution in [3.05, 3.63) is 42.4 Å². The third kappa shape index (κ3) is 2.62. The van der Waals surface area contributed by atoms with Gasteiger partial charge in [0, 0.05) is 24.2 Å². The number of aliphatic hydroxyl groups excluding tert-OH is 1. The van der Waals surface area contributed by atoms with Crippen molar-refractivity contribution >= 4 is 0 Å². The van der Waals surface area contributed by atoms with Gasteiger partial charge in [-0.05, 0) is 23.8 Å². The molecule has 0 saturated carbocycles. The Hall–Kier alpha value is -2.45. The first-order valence-corrected chi connectivity index (χ1v) is 5.39. The van der Waals surface area contributed by atoms with Gasteiger partial charge in [0.15, 0.2) is 0 Å². The molecule has 1 N–H and O–H groups in total. The summed E-state index contributed by atoms with van der Waals surface area (Å²) in [4.78, 5) is 8.02. The van der Waals surface area contributed by atoms with E-state index in [4.69, 9.17) is 15.1 Å². The fourth-order valence-electron chi connectivity index (χ4n) is 1.49. The van der Waals surface area contributed by atoms with E-state index in [-0.39, 0.29) is 19.1 Å². The van der Waals surface area contributed by atoms with Crippen LogP contribution in [0.3, 0.4) is 0 Å². The molecule has 0 spiro atoms. The summed E-state index contributed by atoms with van der Waals surface area (Å²) in [6.07, 6.45) is 4.98. The zero-order valence-electron chi connectivity index (χ0n) is 9.58. The number of rotatable bonds is 4. The van der Waals surface area contributed by atoms with Crippen LogP contribution in [0.1, 0.15) is 5.56 Å². The van der Waals surface area contributed by atoms with Gasteiger partial charge < -0.3 is 9.84 Å². The van der Waals surface area contributed by atoms with Crippen molar-refractivity contribution in [1.82, 2.24) is 9.97 Å². The first-order valence-electron chi connectivity index (χ1n) is 5.39. The van der Waals surface area contributed by atoms with Crippen LogP contribution in [0.5, 0.6) is 5.88 Å². The topological polar surface area (TPSA) is 79.0 Å². The Morgan fingerprint density at radius 2 is 2.06 bits per heavy atom. The van der Waals surface area contributed by atoms with Crippen LogP contribution in [0.2, 0.25) is 0 Å².